The Morgan fingerprint density at radius 3 is 2.69 bits per heavy atom. The summed E-state index contributed by atoms with van der Waals surface area (Å²) in [5, 5.41) is 26.4. The Hall–Kier alpha value is -2.70. The van der Waals surface area contributed by atoms with Gasteiger partial charge in [-0.3, -0.25) is 10.1 Å². The zero-order valence-electron chi connectivity index (χ0n) is 17.7. The van der Waals surface area contributed by atoms with Gasteiger partial charge in [0.2, 0.25) is 5.16 Å². The lowest BCUT2D eigenvalue weighted by atomic mass is 10.2. The maximum Gasteiger partial charge on any atom is 0.269 e. The number of aryl methyl sites for hydroxylation is 1. The first kappa shape index (κ1) is 24.0. The number of ether oxygens (including phenoxy) is 2. The second-order valence-electron chi connectivity index (χ2n) is 6.77. The van der Waals surface area contributed by atoms with Gasteiger partial charge in [0, 0.05) is 36.0 Å². The van der Waals surface area contributed by atoms with Crippen molar-refractivity contribution in [1.29, 1.82) is 0 Å². The summed E-state index contributed by atoms with van der Waals surface area (Å²) in [6, 6.07) is 10.1. The van der Waals surface area contributed by atoms with Gasteiger partial charge in [0.1, 0.15) is 6.61 Å². The van der Waals surface area contributed by atoms with Gasteiger partial charge in [-0.25, -0.2) is 4.68 Å². The highest BCUT2D eigenvalue weighted by Crippen LogP contribution is 2.34. The number of thioether (sulfide) groups is 1. The number of hydrogen-bond acceptors (Lipinski definition) is 9. The molecule has 0 aliphatic heterocycles. The van der Waals surface area contributed by atoms with E-state index < -0.39 is 4.92 Å². The Morgan fingerprint density at radius 2 is 2.03 bits per heavy atom. The normalized spacial score (nSPS) is 10.8. The molecule has 3 rings (SSSR count). The van der Waals surface area contributed by atoms with Gasteiger partial charge in [-0.05, 0) is 58.8 Å². The number of nitrogens with one attached hydrogen (secondary N) is 1. The maximum absolute atomic E-state index is 10.8. The molecule has 0 aliphatic rings. The fourth-order valence-electron chi connectivity index (χ4n) is 2.79. The van der Waals surface area contributed by atoms with E-state index in [0.717, 1.165) is 39.5 Å². The largest absolute Gasteiger partial charge is 0.493 e. The molecule has 0 saturated carbocycles. The van der Waals surface area contributed by atoms with Gasteiger partial charge in [-0.15, -0.1) is 5.10 Å². The van der Waals surface area contributed by atoms with E-state index in [9.17, 15) is 10.1 Å². The van der Waals surface area contributed by atoms with E-state index in [2.05, 4.69) is 36.8 Å². The third-order valence-corrected chi connectivity index (χ3v) is 6.34. The predicted molar refractivity (Wildman–Crippen MR) is 124 cm³/mol. The maximum atomic E-state index is 10.8. The minimum Gasteiger partial charge on any atom is -0.493 e. The molecular formula is C20H23BrN6O4S. The van der Waals surface area contributed by atoms with E-state index in [1.54, 1.807) is 35.7 Å². The molecule has 1 heterocycles. The number of methoxy groups -OCH3 is 1. The second-order valence-corrected chi connectivity index (χ2v) is 8.69. The number of rotatable bonds is 12. The lowest BCUT2D eigenvalue weighted by molar-refractivity contribution is -0.384. The van der Waals surface area contributed by atoms with Gasteiger partial charge in [0.15, 0.2) is 11.5 Å². The second kappa shape index (κ2) is 11.8. The van der Waals surface area contributed by atoms with E-state index in [1.165, 1.54) is 12.1 Å². The molecule has 3 aromatic rings. The molecule has 0 bridgehead atoms. The van der Waals surface area contributed by atoms with Crippen LogP contribution in [-0.2, 0) is 20.2 Å². The topological polar surface area (TPSA) is 117 Å². The Labute approximate surface area is 198 Å². The smallest absolute Gasteiger partial charge is 0.269 e. The molecule has 0 aliphatic carbocycles. The van der Waals surface area contributed by atoms with Crippen molar-refractivity contribution in [2.75, 3.05) is 19.4 Å². The van der Waals surface area contributed by atoms with Crippen LogP contribution in [0.5, 0.6) is 11.5 Å². The predicted octanol–water partition coefficient (Wildman–Crippen LogP) is 3.74. The molecule has 0 spiro atoms. The third kappa shape index (κ3) is 6.65. The molecule has 0 atom stereocenters. The number of nitro groups is 1. The summed E-state index contributed by atoms with van der Waals surface area (Å²) in [5.74, 6) is 2.13. The van der Waals surface area contributed by atoms with Crippen molar-refractivity contribution in [3.05, 3.63) is 62.1 Å². The highest BCUT2D eigenvalue weighted by atomic mass is 79.9. The molecule has 2 aromatic carbocycles. The molecule has 1 N–H and O–H groups in total. The Kier molecular flexibility index (Phi) is 8.82. The van der Waals surface area contributed by atoms with E-state index in [4.69, 9.17) is 9.47 Å². The highest BCUT2D eigenvalue weighted by molar-refractivity contribution is 9.10. The number of halogens is 1. The first-order valence-corrected chi connectivity index (χ1v) is 11.5. The summed E-state index contributed by atoms with van der Waals surface area (Å²) in [4.78, 5) is 10.3. The van der Waals surface area contributed by atoms with Crippen molar-refractivity contribution in [1.82, 2.24) is 25.5 Å². The average Bonchev–Trinajstić information content (AvgIpc) is 3.20. The minimum absolute atomic E-state index is 0.0511. The van der Waals surface area contributed by atoms with E-state index >= 15 is 0 Å². The first-order chi connectivity index (χ1) is 15.5. The monoisotopic (exact) mass is 522 g/mol. The standard InChI is InChI=1S/C20H23BrN6O4S/c1-26-20(23-24-25-26)32-9-3-8-22-12-15-10-18(30-2)19(11-17(15)21)31-13-14-4-6-16(7-5-14)27(28)29/h4-7,10-11,22H,3,8-9,12-13H2,1-2H3. The van der Waals surface area contributed by atoms with Gasteiger partial charge in [-0.2, -0.15) is 0 Å². The zero-order chi connectivity index (χ0) is 22.9. The Balaban J connectivity index is 1.49. The lowest BCUT2D eigenvalue weighted by Gasteiger charge is -2.14. The van der Waals surface area contributed by atoms with Crippen LogP contribution in [0.25, 0.3) is 0 Å². The Morgan fingerprint density at radius 1 is 1.25 bits per heavy atom. The molecule has 0 fully saturated rings. The fourth-order valence-corrected chi connectivity index (χ4v) is 4.04. The number of hydrogen-bond donors (Lipinski definition) is 1. The first-order valence-electron chi connectivity index (χ1n) is 9.76. The van der Waals surface area contributed by atoms with Crippen molar-refractivity contribution in [3.63, 3.8) is 0 Å². The number of non-ortho nitro benzene ring substituents is 1. The van der Waals surface area contributed by atoms with Gasteiger partial charge >= 0.3 is 0 Å². The molecular weight excluding hydrogens is 500 g/mol. The number of nitro benzene ring substituents is 1. The fraction of sp³-hybridized carbons (Fsp3) is 0.350. The van der Waals surface area contributed by atoms with Crippen LogP contribution < -0.4 is 14.8 Å². The van der Waals surface area contributed by atoms with Gasteiger partial charge < -0.3 is 14.8 Å². The van der Waals surface area contributed by atoms with Crippen LogP contribution in [0.15, 0.2) is 46.0 Å². The summed E-state index contributed by atoms with van der Waals surface area (Å²) in [6.45, 7) is 1.80. The SMILES string of the molecule is COc1cc(CNCCCSc2nnnn2C)c(Br)cc1OCc1ccc([N+](=O)[O-])cc1. The summed E-state index contributed by atoms with van der Waals surface area (Å²) in [7, 11) is 3.42. The van der Waals surface area contributed by atoms with Crippen LogP contribution in [0, 0.1) is 10.1 Å². The third-order valence-electron chi connectivity index (χ3n) is 4.50. The van der Waals surface area contributed by atoms with Crippen LogP contribution in [0.3, 0.4) is 0 Å². The zero-order valence-corrected chi connectivity index (χ0v) is 20.1. The van der Waals surface area contributed by atoms with Crippen molar-refractivity contribution in [2.45, 2.75) is 24.7 Å². The molecule has 170 valence electrons. The van der Waals surface area contributed by atoms with Crippen molar-refractivity contribution in [2.24, 2.45) is 7.05 Å². The number of tetrazole rings is 1. The van der Waals surface area contributed by atoms with Gasteiger partial charge in [0.05, 0.1) is 12.0 Å². The molecule has 12 heteroatoms. The molecule has 32 heavy (non-hydrogen) atoms. The molecule has 0 saturated heterocycles. The summed E-state index contributed by atoms with van der Waals surface area (Å²) in [6.07, 6.45) is 0.975. The van der Waals surface area contributed by atoms with Crippen molar-refractivity contribution < 1.29 is 14.4 Å². The van der Waals surface area contributed by atoms with Crippen LogP contribution >= 0.6 is 27.7 Å². The Bertz CT molecular complexity index is 1050. The van der Waals surface area contributed by atoms with Gasteiger partial charge in [-0.1, -0.05) is 27.7 Å². The molecule has 0 unspecified atom stereocenters. The van der Waals surface area contributed by atoms with Crippen molar-refractivity contribution in [3.8, 4) is 11.5 Å². The van der Waals surface area contributed by atoms with Crippen LogP contribution in [0.1, 0.15) is 17.5 Å². The van der Waals surface area contributed by atoms with Gasteiger partial charge in [0.25, 0.3) is 5.69 Å². The summed E-state index contributed by atoms with van der Waals surface area (Å²) >= 11 is 5.22. The van der Waals surface area contributed by atoms with Crippen LogP contribution in [-0.4, -0.2) is 44.5 Å². The molecule has 0 radical (unpaired) electrons. The molecule has 0 amide bonds. The van der Waals surface area contributed by atoms with Crippen LogP contribution in [0.2, 0.25) is 0 Å². The minimum atomic E-state index is -0.425. The average molecular weight is 523 g/mol. The molecule has 1 aromatic heterocycles. The van der Waals surface area contributed by atoms with E-state index in [1.807, 2.05) is 19.2 Å². The summed E-state index contributed by atoms with van der Waals surface area (Å²) < 4.78 is 13.9. The highest BCUT2D eigenvalue weighted by Gasteiger charge is 2.11. The number of aromatic nitrogens is 4. The summed E-state index contributed by atoms with van der Waals surface area (Å²) in [5.41, 5.74) is 1.93. The van der Waals surface area contributed by atoms with E-state index in [0.29, 0.717) is 18.0 Å². The van der Waals surface area contributed by atoms with Crippen molar-refractivity contribution >= 4 is 33.4 Å². The number of nitrogens with zero attached hydrogens (tertiary/aromatic N) is 5. The van der Waals surface area contributed by atoms with Crippen LogP contribution in [0.4, 0.5) is 5.69 Å². The quantitative estimate of drug-likeness (QED) is 0.164. The number of benzene rings is 2. The van der Waals surface area contributed by atoms with E-state index in [-0.39, 0.29) is 12.3 Å². The molecule has 10 nitrogen and oxygen atoms in total. The lowest BCUT2D eigenvalue weighted by Crippen LogP contribution is -2.16.